The molecular weight excluding hydrogens is 210 g/mol. The van der Waals surface area contributed by atoms with Crippen molar-refractivity contribution in [3.05, 3.63) is 0 Å². The fraction of sp³-hybridized carbons (Fsp3) is 1.00. The first-order valence-electron chi connectivity index (χ1n) is 7.59. The van der Waals surface area contributed by atoms with E-state index in [9.17, 15) is 0 Å². The number of hydrogen-bond acceptors (Lipinski definition) is 2. The molecule has 0 amide bonds. The van der Waals surface area contributed by atoms with Crippen LogP contribution in [0, 0.1) is 11.8 Å². The standard InChI is InChI=1S/C15H29NO/c1-12-4-3-5-15(7-6-12)16-13(2)14-8-10-17-11-9-14/h12-16H,3-11H2,1-2H3. The van der Waals surface area contributed by atoms with Crippen LogP contribution < -0.4 is 5.32 Å². The molecule has 0 aromatic carbocycles. The SMILES string of the molecule is CC1CCCC(NC(C)C2CCOCC2)CC1. The van der Waals surface area contributed by atoms with Crippen molar-refractivity contribution in [1.82, 2.24) is 5.32 Å². The molecule has 17 heavy (non-hydrogen) atoms. The molecule has 2 fully saturated rings. The van der Waals surface area contributed by atoms with Gasteiger partial charge in [0.05, 0.1) is 0 Å². The van der Waals surface area contributed by atoms with Crippen molar-refractivity contribution in [1.29, 1.82) is 0 Å². The van der Waals surface area contributed by atoms with Crippen molar-refractivity contribution in [3.63, 3.8) is 0 Å². The van der Waals surface area contributed by atoms with Crippen molar-refractivity contribution < 1.29 is 4.74 Å². The van der Waals surface area contributed by atoms with Crippen molar-refractivity contribution in [2.75, 3.05) is 13.2 Å². The number of hydrogen-bond donors (Lipinski definition) is 1. The van der Waals surface area contributed by atoms with E-state index in [1.807, 2.05) is 0 Å². The van der Waals surface area contributed by atoms with E-state index in [0.29, 0.717) is 6.04 Å². The second-order valence-corrected chi connectivity index (χ2v) is 6.22. The van der Waals surface area contributed by atoms with Gasteiger partial charge in [0, 0.05) is 25.3 Å². The molecule has 0 spiro atoms. The number of rotatable bonds is 3. The molecule has 1 saturated heterocycles. The topological polar surface area (TPSA) is 21.3 Å². The third kappa shape index (κ3) is 4.26. The summed E-state index contributed by atoms with van der Waals surface area (Å²) in [4.78, 5) is 0. The molecule has 0 bridgehead atoms. The van der Waals surface area contributed by atoms with E-state index >= 15 is 0 Å². The van der Waals surface area contributed by atoms with Crippen molar-refractivity contribution >= 4 is 0 Å². The Morgan fingerprint density at radius 1 is 1.00 bits per heavy atom. The zero-order chi connectivity index (χ0) is 12.1. The second kappa shape index (κ2) is 6.75. The zero-order valence-electron chi connectivity index (χ0n) is 11.6. The zero-order valence-corrected chi connectivity index (χ0v) is 11.6. The first kappa shape index (κ1) is 13.4. The lowest BCUT2D eigenvalue weighted by Crippen LogP contribution is -2.42. The summed E-state index contributed by atoms with van der Waals surface area (Å²) < 4.78 is 5.45. The van der Waals surface area contributed by atoms with Crippen molar-refractivity contribution in [2.45, 2.75) is 70.9 Å². The Bertz CT molecular complexity index is 213. The quantitative estimate of drug-likeness (QED) is 0.763. The van der Waals surface area contributed by atoms with Gasteiger partial charge in [0.1, 0.15) is 0 Å². The highest BCUT2D eigenvalue weighted by Crippen LogP contribution is 2.25. The van der Waals surface area contributed by atoms with Gasteiger partial charge in [-0.2, -0.15) is 0 Å². The van der Waals surface area contributed by atoms with Crippen LogP contribution >= 0.6 is 0 Å². The predicted octanol–water partition coefficient (Wildman–Crippen LogP) is 3.36. The van der Waals surface area contributed by atoms with E-state index < -0.39 is 0 Å². The average Bonchev–Trinajstić information content (AvgIpc) is 2.56. The van der Waals surface area contributed by atoms with Crippen molar-refractivity contribution in [3.8, 4) is 0 Å². The highest BCUT2D eigenvalue weighted by atomic mass is 16.5. The van der Waals surface area contributed by atoms with Crippen LogP contribution in [0.2, 0.25) is 0 Å². The van der Waals surface area contributed by atoms with Crippen LogP contribution in [0.15, 0.2) is 0 Å². The molecular formula is C15H29NO. The van der Waals surface area contributed by atoms with E-state index in [1.54, 1.807) is 0 Å². The van der Waals surface area contributed by atoms with E-state index in [4.69, 9.17) is 4.74 Å². The Labute approximate surface area is 107 Å². The van der Waals surface area contributed by atoms with Crippen LogP contribution in [0.4, 0.5) is 0 Å². The van der Waals surface area contributed by atoms with Crippen molar-refractivity contribution in [2.24, 2.45) is 11.8 Å². The maximum absolute atomic E-state index is 5.45. The summed E-state index contributed by atoms with van der Waals surface area (Å²) in [6, 6.07) is 1.45. The number of nitrogens with one attached hydrogen (secondary N) is 1. The molecule has 2 heteroatoms. The molecule has 3 atom stereocenters. The maximum Gasteiger partial charge on any atom is 0.0469 e. The van der Waals surface area contributed by atoms with Gasteiger partial charge < -0.3 is 10.1 Å². The lowest BCUT2D eigenvalue weighted by atomic mass is 9.92. The van der Waals surface area contributed by atoms with E-state index in [-0.39, 0.29) is 0 Å². The fourth-order valence-corrected chi connectivity index (χ4v) is 3.38. The molecule has 0 aromatic rings. The highest BCUT2D eigenvalue weighted by Gasteiger charge is 2.23. The van der Waals surface area contributed by atoms with Gasteiger partial charge in [-0.15, -0.1) is 0 Å². The minimum atomic E-state index is 0.678. The van der Waals surface area contributed by atoms with Gasteiger partial charge in [-0.25, -0.2) is 0 Å². The van der Waals surface area contributed by atoms with E-state index in [2.05, 4.69) is 19.2 Å². The molecule has 1 aliphatic heterocycles. The van der Waals surface area contributed by atoms with Gasteiger partial charge in [0.15, 0.2) is 0 Å². The van der Waals surface area contributed by atoms with Gasteiger partial charge in [0.25, 0.3) is 0 Å². The van der Waals surface area contributed by atoms with Gasteiger partial charge in [-0.05, 0) is 50.9 Å². The van der Waals surface area contributed by atoms with Crippen LogP contribution in [-0.4, -0.2) is 25.3 Å². The van der Waals surface area contributed by atoms with Gasteiger partial charge in [-0.3, -0.25) is 0 Å². The molecule has 100 valence electrons. The van der Waals surface area contributed by atoms with Gasteiger partial charge >= 0.3 is 0 Å². The lowest BCUT2D eigenvalue weighted by molar-refractivity contribution is 0.0541. The summed E-state index contributed by atoms with van der Waals surface area (Å²) in [5.41, 5.74) is 0. The molecule has 0 radical (unpaired) electrons. The monoisotopic (exact) mass is 239 g/mol. The largest absolute Gasteiger partial charge is 0.381 e. The molecule has 3 unspecified atom stereocenters. The Kier molecular flexibility index (Phi) is 5.30. The van der Waals surface area contributed by atoms with Crippen LogP contribution in [0.1, 0.15) is 58.8 Å². The average molecular weight is 239 g/mol. The molecule has 1 N–H and O–H groups in total. The summed E-state index contributed by atoms with van der Waals surface area (Å²) in [5.74, 6) is 1.78. The Balaban J connectivity index is 1.74. The molecule has 2 rings (SSSR count). The Morgan fingerprint density at radius 3 is 2.53 bits per heavy atom. The third-order valence-electron chi connectivity index (χ3n) is 4.73. The van der Waals surface area contributed by atoms with Crippen LogP contribution in [-0.2, 0) is 4.74 Å². The van der Waals surface area contributed by atoms with Crippen LogP contribution in [0.5, 0.6) is 0 Å². The normalized spacial score (nSPS) is 34.2. The Morgan fingerprint density at radius 2 is 1.76 bits per heavy atom. The third-order valence-corrected chi connectivity index (χ3v) is 4.73. The van der Waals surface area contributed by atoms with E-state index in [0.717, 1.165) is 31.1 Å². The van der Waals surface area contributed by atoms with Gasteiger partial charge in [0.2, 0.25) is 0 Å². The number of ether oxygens (including phenoxy) is 1. The summed E-state index contributed by atoms with van der Waals surface area (Å²) in [6.45, 7) is 6.73. The Hall–Kier alpha value is -0.0800. The van der Waals surface area contributed by atoms with Gasteiger partial charge in [-0.1, -0.05) is 19.8 Å². The minimum absolute atomic E-state index is 0.678. The lowest BCUT2D eigenvalue weighted by Gasteiger charge is -2.31. The summed E-state index contributed by atoms with van der Waals surface area (Å²) in [7, 11) is 0. The molecule has 1 saturated carbocycles. The van der Waals surface area contributed by atoms with Crippen LogP contribution in [0.3, 0.4) is 0 Å². The highest BCUT2D eigenvalue weighted by molar-refractivity contribution is 4.81. The molecule has 1 aliphatic carbocycles. The fourth-order valence-electron chi connectivity index (χ4n) is 3.38. The van der Waals surface area contributed by atoms with Crippen LogP contribution in [0.25, 0.3) is 0 Å². The summed E-state index contributed by atoms with van der Waals surface area (Å²) >= 11 is 0. The molecule has 1 heterocycles. The smallest absolute Gasteiger partial charge is 0.0469 e. The predicted molar refractivity (Wildman–Crippen MR) is 72.2 cm³/mol. The maximum atomic E-state index is 5.45. The first-order chi connectivity index (χ1) is 8.25. The molecule has 2 nitrogen and oxygen atoms in total. The molecule has 0 aromatic heterocycles. The van der Waals surface area contributed by atoms with E-state index in [1.165, 1.54) is 44.9 Å². The summed E-state index contributed by atoms with van der Waals surface area (Å²) in [5, 5.41) is 3.89. The molecule has 2 aliphatic rings. The minimum Gasteiger partial charge on any atom is -0.381 e. The first-order valence-corrected chi connectivity index (χ1v) is 7.59. The second-order valence-electron chi connectivity index (χ2n) is 6.22. The summed E-state index contributed by atoms with van der Waals surface area (Å²) in [6.07, 6.45) is 9.53.